The van der Waals surface area contributed by atoms with Crippen LogP contribution in [0.2, 0.25) is 0 Å². The lowest BCUT2D eigenvalue weighted by Gasteiger charge is -2.15. The average molecular weight is 468 g/mol. The Kier molecular flexibility index (Phi) is 7.26. The second kappa shape index (κ2) is 9.42. The van der Waals surface area contributed by atoms with Crippen molar-refractivity contribution in [3.8, 4) is 11.5 Å². The minimum atomic E-state index is -0.772. The number of benzene rings is 2. The van der Waals surface area contributed by atoms with E-state index in [0.29, 0.717) is 17.9 Å². The van der Waals surface area contributed by atoms with Crippen LogP contribution in [0.4, 0.5) is 0 Å². The molecule has 2 amide bonds. The van der Waals surface area contributed by atoms with Crippen molar-refractivity contribution in [1.82, 2.24) is 10.9 Å². The molecule has 6 nitrogen and oxygen atoms in total. The molecule has 0 bridgehead atoms. The Morgan fingerprint density at radius 3 is 2.35 bits per heavy atom. The highest BCUT2D eigenvalue weighted by molar-refractivity contribution is 14.1. The number of aryl methyl sites for hydroxylation is 1. The maximum atomic E-state index is 12.1. The van der Waals surface area contributed by atoms with Gasteiger partial charge in [0.15, 0.2) is 6.10 Å². The van der Waals surface area contributed by atoms with Crippen molar-refractivity contribution >= 4 is 34.4 Å². The first-order valence-electron chi connectivity index (χ1n) is 8.16. The zero-order valence-electron chi connectivity index (χ0n) is 14.8. The maximum absolute atomic E-state index is 12.1. The zero-order chi connectivity index (χ0) is 19.1. The molecule has 0 spiro atoms. The molecular formula is C19H21IN2O4. The molecule has 1 atom stereocenters. The lowest BCUT2D eigenvalue weighted by Crippen LogP contribution is -2.47. The van der Waals surface area contributed by atoms with Crippen LogP contribution in [-0.2, 0) is 4.79 Å². The van der Waals surface area contributed by atoms with Gasteiger partial charge in [-0.05, 0) is 91.4 Å². The van der Waals surface area contributed by atoms with Crippen LogP contribution < -0.4 is 20.3 Å². The summed E-state index contributed by atoms with van der Waals surface area (Å²) in [6.07, 6.45) is -0.772. The predicted molar refractivity (Wildman–Crippen MR) is 107 cm³/mol. The molecule has 7 heteroatoms. The van der Waals surface area contributed by atoms with E-state index in [-0.39, 0.29) is 5.91 Å². The van der Waals surface area contributed by atoms with E-state index in [1.54, 1.807) is 43.3 Å². The van der Waals surface area contributed by atoms with Crippen molar-refractivity contribution in [2.75, 3.05) is 6.61 Å². The van der Waals surface area contributed by atoms with Crippen molar-refractivity contribution in [3.63, 3.8) is 0 Å². The molecule has 0 aromatic heterocycles. The third-order valence-corrected chi connectivity index (χ3v) is 4.75. The third-order valence-electron chi connectivity index (χ3n) is 3.54. The zero-order valence-corrected chi connectivity index (χ0v) is 17.0. The van der Waals surface area contributed by atoms with Gasteiger partial charge in [-0.1, -0.05) is 0 Å². The van der Waals surface area contributed by atoms with Gasteiger partial charge in [0.1, 0.15) is 11.5 Å². The van der Waals surface area contributed by atoms with E-state index in [4.69, 9.17) is 9.47 Å². The third kappa shape index (κ3) is 5.62. The molecular weight excluding hydrogens is 447 g/mol. The van der Waals surface area contributed by atoms with Gasteiger partial charge in [0.25, 0.3) is 11.8 Å². The Balaban J connectivity index is 1.86. The number of nitrogens with one attached hydrogen (secondary N) is 2. The van der Waals surface area contributed by atoms with Gasteiger partial charge in [-0.3, -0.25) is 20.4 Å². The van der Waals surface area contributed by atoms with Crippen LogP contribution >= 0.6 is 22.6 Å². The van der Waals surface area contributed by atoms with E-state index in [1.165, 1.54) is 0 Å². The highest BCUT2D eigenvalue weighted by atomic mass is 127. The Labute approximate surface area is 166 Å². The van der Waals surface area contributed by atoms with Crippen molar-refractivity contribution in [2.45, 2.75) is 26.9 Å². The smallest absolute Gasteiger partial charge is 0.279 e. The maximum Gasteiger partial charge on any atom is 0.279 e. The molecule has 0 radical (unpaired) electrons. The fraction of sp³-hybridized carbons (Fsp3) is 0.263. The van der Waals surface area contributed by atoms with Gasteiger partial charge < -0.3 is 9.47 Å². The van der Waals surface area contributed by atoms with Gasteiger partial charge in [0, 0.05) is 9.13 Å². The van der Waals surface area contributed by atoms with Crippen molar-refractivity contribution in [2.24, 2.45) is 0 Å². The summed E-state index contributed by atoms with van der Waals surface area (Å²) in [5.41, 5.74) is 6.25. The predicted octanol–water partition coefficient (Wildman–Crippen LogP) is 3.23. The number of carbonyl (C=O) groups excluding carboxylic acids is 2. The summed E-state index contributed by atoms with van der Waals surface area (Å²) in [4.78, 5) is 24.2. The van der Waals surface area contributed by atoms with Crippen molar-refractivity contribution in [1.29, 1.82) is 0 Å². The molecule has 2 aromatic rings. The Morgan fingerprint density at radius 2 is 1.73 bits per heavy atom. The highest BCUT2D eigenvalue weighted by Crippen LogP contribution is 2.18. The first-order chi connectivity index (χ1) is 12.4. The number of hydrogen-bond acceptors (Lipinski definition) is 4. The molecule has 26 heavy (non-hydrogen) atoms. The van der Waals surface area contributed by atoms with Crippen LogP contribution in [0.1, 0.15) is 29.8 Å². The molecule has 2 rings (SSSR count). The minimum absolute atomic E-state index is 0.383. The summed E-state index contributed by atoms with van der Waals surface area (Å²) >= 11 is 2.20. The number of hydrazine groups is 1. The van der Waals surface area contributed by atoms with Crippen LogP contribution in [-0.4, -0.2) is 24.5 Å². The topological polar surface area (TPSA) is 76.7 Å². The first-order valence-corrected chi connectivity index (χ1v) is 9.24. The lowest BCUT2D eigenvalue weighted by molar-refractivity contribution is -0.128. The van der Waals surface area contributed by atoms with Gasteiger partial charge in [0.05, 0.1) is 6.61 Å². The molecule has 0 aliphatic rings. The Morgan fingerprint density at radius 1 is 1.08 bits per heavy atom. The van der Waals surface area contributed by atoms with Gasteiger partial charge in [-0.25, -0.2) is 0 Å². The lowest BCUT2D eigenvalue weighted by atomic mass is 10.1. The molecule has 2 aromatic carbocycles. The molecule has 1 unspecified atom stereocenters. The summed E-state index contributed by atoms with van der Waals surface area (Å²) in [5.74, 6) is 0.438. The number of halogens is 1. The van der Waals surface area contributed by atoms with Gasteiger partial charge >= 0.3 is 0 Å². The van der Waals surface area contributed by atoms with Gasteiger partial charge in [0.2, 0.25) is 0 Å². The van der Waals surface area contributed by atoms with Crippen LogP contribution in [0.3, 0.4) is 0 Å². The molecule has 2 N–H and O–H groups in total. The quantitative estimate of drug-likeness (QED) is 0.505. The fourth-order valence-electron chi connectivity index (χ4n) is 2.12. The van der Waals surface area contributed by atoms with E-state index in [2.05, 4.69) is 33.4 Å². The van der Waals surface area contributed by atoms with Gasteiger partial charge in [-0.15, -0.1) is 0 Å². The number of carbonyl (C=O) groups is 2. The number of ether oxygens (including phenoxy) is 2. The number of amides is 2. The molecule has 138 valence electrons. The summed E-state index contributed by atoms with van der Waals surface area (Å²) < 4.78 is 12.0. The standard InChI is InChI=1S/C19H21IN2O4/c1-4-25-15-6-8-16(9-7-15)26-13(3)18(23)21-22-19(24)14-5-10-17(20)12(2)11-14/h5-11,13H,4H2,1-3H3,(H,21,23)(H,22,24). The highest BCUT2D eigenvalue weighted by Gasteiger charge is 2.16. The Hall–Kier alpha value is -2.29. The normalized spacial score (nSPS) is 11.4. The summed E-state index contributed by atoms with van der Waals surface area (Å²) in [6, 6.07) is 12.3. The molecule has 0 aliphatic carbocycles. The van der Waals surface area contributed by atoms with Crippen LogP contribution in [0.5, 0.6) is 11.5 Å². The minimum Gasteiger partial charge on any atom is -0.494 e. The number of rotatable bonds is 6. The van der Waals surface area contributed by atoms with Crippen LogP contribution in [0.15, 0.2) is 42.5 Å². The van der Waals surface area contributed by atoms with E-state index in [0.717, 1.165) is 14.9 Å². The average Bonchev–Trinajstić information content (AvgIpc) is 2.63. The Bertz CT molecular complexity index is 778. The summed E-state index contributed by atoms with van der Waals surface area (Å²) in [5, 5.41) is 0. The van der Waals surface area contributed by atoms with Gasteiger partial charge in [-0.2, -0.15) is 0 Å². The second-order valence-electron chi connectivity index (χ2n) is 5.57. The van der Waals surface area contributed by atoms with E-state index in [1.807, 2.05) is 19.9 Å². The SMILES string of the molecule is CCOc1ccc(OC(C)C(=O)NNC(=O)c2ccc(I)c(C)c2)cc1. The molecule has 0 saturated heterocycles. The van der Waals surface area contributed by atoms with Crippen molar-refractivity contribution in [3.05, 3.63) is 57.2 Å². The van der Waals surface area contributed by atoms with Crippen LogP contribution in [0.25, 0.3) is 0 Å². The van der Waals surface area contributed by atoms with Crippen molar-refractivity contribution < 1.29 is 19.1 Å². The largest absolute Gasteiger partial charge is 0.494 e. The first kappa shape index (κ1) is 20.0. The number of hydrogen-bond donors (Lipinski definition) is 2. The molecule has 0 aliphatic heterocycles. The molecule has 0 heterocycles. The van der Waals surface area contributed by atoms with Crippen LogP contribution in [0, 0.1) is 10.5 Å². The molecule has 0 saturated carbocycles. The molecule has 0 fully saturated rings. The van der Waals surface area contributed by atoms with E-state index < -0.39 is 12.0 Å². The monoisotopic (exact) mass is 468 g/mol. The van der Waals surface area contributed by atoms with E-state index in [9.17, 15) is 9.59 Å². The summed E-state index contributed by atoms with van der Waals surface area (Å²) in [7, 11) is 0. The van der Waals surface area contributed by atoms with E-state index >= 15 is 0 Å². The fourth-order valence-corrected chi connectivity index (χ4v) is 2.45. The second-order valence-corrected chi connectivity index (χ2v) is 6.73. The summed E-state index contributed by atoms with van der Waals surface area (Å²) in [6.45, 7) is 6.01.